The summed E-state index contributed by atoms with van der Waals surface area (Å²) < 4.78 is 5.10. The first-order valence-corrected chi connectivity index (χ1v) is 6.53. The average molecular weight is 287 g/mol. The zero-order chi connectivity index (χ0) is 16.1. The maximum atomic E-state index is 12.0. The van der Waals surface area contributed by atoms with E-state index in [0.29, 0.717) is 0 Å². The molecule has 0 aromatic rings. The summed E-state index contributed by atoms with van der Waals surface area (Å²) in [7, 11) is 0. The minimum absolute atomic E-state index is 0.164. The van der Waals surface area contributed by atoms with Crippen LogP contribution in [0.4, 0.5) is 4.79 Å². The number of alkyl carbamates (subject to hydrolysis) is 1. The summed E-state index contributed by atoms with van der Waals surface area (Å²) >= 11 is 0. The van der Waals surface area contributed by atoms with Crippen molar-refractivity contribution in [1.29, 1.82) is 0 Å². The Labute approximate surface area is 119 Å². The number of rotatable bonds is 5. The third-order valence-corrected chi connectivity index (χ3v) is 2.41. The van der Waals surface area contributed by atoms with Crippen LogP contribution in [0.1, 0.15) is 41.5 Å². The van der Waals surface area contributed by atoms with Crippen LogP contribution in [0.5, 0.6) is 0 Å². The van der Waals surface area contributed by atoms with Gasteiger partial charge in [-0.2, -0.15) is 0 Å². The minimum Gasteiger partial charge on any atom is -0.444 e. The summed E-state index contributed by atoms with van der Waals surface area (Å²) in [5.41, 5.74) is 4.43. The Morgan fingerprint density at radius 1 is 1.05 bits per heavy atom. The number of nitrogens with one attached hydrogen (secondary N) is 2. The van der Waals surface area contributed by atoms with Gasteiger partial charge in [0.2, 0.25) is 11.8 Å². The number of primary amides is 1. The van der Waals surface area contributed by atoms with Crippen molar-refractivity contribution in [1.82, 2.24) is 10.6 Å². The molecule has 0 saturated heterocycles. The number of hydrogen-bond donors (Lipinski definition) is 3. The predicted molar refractivity (Wildman–Crippen MR) is 74.8 cm³/mol. The molecule has 0 aliphatic rings. The largest absolute Gasteiger partial charge is 0.444 e. The lowest BCUT2D eigenvalue weighted by atomic mass is 10.0. The Kier molecular flexibility index (Phi) is 6.48. The van der Waals surface area contributed by atoms with Crippen LogP contribution >= 0.6 is 0 Å². The molecule has 0 aliphatic heterocycles. The van der Waals surface area contributed by atoms with E-state index < -0.39 is 35.6 Å². The van der Waals surface area contributed by atoms with E-state index in [2.05, 4.69) is 10.6 Å². The molecule has 0 rings (SSSR count). The van der Waals surface area contributed by atoms with Crippen molar-refractivity contribution < 1.29 is 19.1 Å². The zero-order valence-corrected chi connectivity index (χ0v) is 12.9. The van der Waals surface area contributed by atoms with Crippen LogP contribution in [0.15, 0.2) is 0 Å². The number of carbonyl (C=O) groups is 3. The van der Waals surface area contributed by atoms with Crippen molar-refractivity contribution >= 4 is 17.9 Å². The minimum atomic E-state index is -0.802. The molecule has 2 unspecified atom stereocenters. The first-order chi connectivity index (χ1) is 8.94. The summed E-state index contributed by atoms with van der Waals surface area (Å²) in [5.74, 6) is -1.28. The zero-order valence-electron chi connectivity index (χ0n) is 12.9. The quantitative estimate of drug-likeness (QED) is 0.684. The van der Waals surface area contributed by atoms with Crippen LogP contribution in [0.2, 0.25) is 0 Å². The van der Waals surface area contributed by atoms with E-state index in [-0.39, 0.29) is 5.92 Å². The Balaban J connectivity index is 4.69. The highest BCUT2D eigenvalue weighted by atomic mass is 16.6. The van der Waals surface area contributed by atoms with Crippen molar-refractivity contribution in [2.75, 3.05) is 0 Å². The molecule has 0 heterocycles. The van der Waals surface area contributed by atoms with Crippen LogP contribution in [0.3, 0.4) is 0 Å². The van der Waals surface area contributed by atoms with Gasteiger partial charge in [0.25, 0.3) is 0 Å². The fraction of sp³-hybridized carbons (Fsp3) is 0.769. The molecule has 0 bridgehead atoms. The molecular formula is C13H25N3O4. The molecule has 3 amide bonds. The first kappa shape index (κ1) is 18.2. The molecule has 7 nitrogen and oxygen atoms in total. The molecule has 2 atom stereocenters. The Bertz CT molecular complexity index is 374. The molecule has 0 aromatic carbocycles. The van der Waals surface area contributed by atoms with Gasteiger partial charge in [-0.1, -0.05) is 13.8 Å². The molecular weight excluding hydrogens is 262 g/mol. The summed E-state index contributed by atoms with van der Waals surface area (Å²) in [6.07, 6.45) is -0.682. The van der Waals surface area contributed by atoms with Crippen LogP contribution in [0, 0.1) is 5.92 Å². The molecule has 0 aliphatic carbocycles. The van der Waals surface area contributed by atoms with Crippen molar-refractivity contribution in [3.8, 4) is 0 Å². The van der Waals surface area contributed by atoms with E-state index in [1.807, 2.05) is 0 Å². The topological polar surface area (TPSA) is 111 Å². The van der Waals surface area contributed by atoms with Crippen molar-refractivity contribution in [3.05, 3.63) is 0 Å². The SMILES string of the molecule is CC(NC(=O)C(NC(=O)OC(C)(C)C)C(C)C)C(N)=O. The van der Waals surface area contributed by atoms with Crippen molar-refractivity contribution in [3.63, 3.8) is 0 Å². The van der Waals surface area contributed by atoms with E-state index in [4.69, 9.17) is 10.5 Å². The summed E-state index contributed by atoms with van der Waals surface area (Å²) in [5, 5.41) is 4.94. The van der Waals surface area contributed by atoms with Gasteiger partial charge in [-0.05, 0) is 33.6 Å². The smallest absolute Gasteiger partial charge is 0.408 e. The monoisotopic (exact) mass is 287 g/mol. The summed E-state index contributed by atoms with van der Waals surface area (Å²) in [6, 6.07) is -1.60. The highest BCUT2D eigenvalue weighted by molar-refractivity contribution is 5.90. The Hall–Kier alpha value is -1.79. The van der Waals surface area contributed by atoms with Gasteiger partial charge in [0, 0.05) is 0 Å². The van der Waals surface area contributed by atoms with Crippen molar-refractivity contribution in [2.24, 2.45) is 11.7 Å². The molecule has 0 fully saturated rings. The molecule has 116 valence electrons. The van der Waals surface area contributed by atoms with Gasteiger partial charge in [-0.3, -0.25) is 9.59 Å². The average Bonchev–Trinajstić information content (AvgIpc) is 2.22. The second kappa shape index (κ2) is 7.12. The van der Waals surface area contributed by atoms with E-state index in [1.165, 1.54) is 6.92 Å². The Morgan fingerprint density at radius 2 is 1.55 bits per heavy atom. The van der Waals surface area contributed by atoms with Gasteiger partial charge in [0.15, 0.2) is 0 Å². The van der Waals surface area contributed by atoms with Gasteiger partial charge >= 0.3 is 6.09 Å². The van der Waals surface area contributed by atoms with Crippen molar-refractivity contribution in [2.45, 2.75) is 59.2 Å². The van der Waals surface area contributed by atoms with Crippen LogP contribution in [0.25, 0.3) is 0 Å². The number of nitrogens with two attached hydrogens (primary N) is 1. The van der Waals surface area contributed by atoms with Crippen LogP contribution in [-0.2, 0) is 14.3 Å². The molecule has 20 heavy (non-hydrogen) atoms. The lowest BCUT2D eigenvalue weighted by molar-refractivity contribution is -0.129. The summed E-state index contributed by atoms with van der Waals surface area (Å²) in [4.78, 5) is 34.6. The van der Waals surface area contributed by atoms with Gasteiger partial charge in [0.05, 0.1) is 0 Å². The number of amides is 3. The van der Waals surface area contributed by atoms with E-state index in [0.717, 1.165) is 0 Å². The van der Waals surface area contributed by atoms with Gasteiger partial charge in [-0.15, -0.1) is 0 Å². The van der Waals surface area contributed by atoms with E-state index in [9.17, 15) is 14.4 Å². The third-order valence-electron chi connectivity index (χ3n) is 2.41. The predicted octanol–water partition coefficient (Wildman–Crippen LogP) is 0.526. The number of hydrogen-bond acceptors (Lipinski definition) is 4. The molecule has 0 spiro atoms. The van der Waals surface area contributed by atoms with Gasteiger partial charge in [-0.25, -0.2) is 4.79 Å². The second-order valence-electron chi connectivity index (χ2n) is 6.00. The fourth-order valence-corrected chi connectivity index (χ4v) is 1.34. The van der Waals surface area contributed by atoms with Gasteiger partial charge < -0.3 is 21.1 Å². The maximum Gasteiger partial charge on any atom is 0.408 e. The molecule has 0 saturated carbocycles. The van der Waals surface area contributed by atoms with E-state index >= 15 is 0 Å². The lowest BCUT2D eigenvalue weighted by Gasteiger charge is -2.25. The molecule has 7 heteroatoms. The highest BCUT2D eigenvalue weighted by Gasteiger charge is 2.28. The third kappa shape index (κ3) is 6.96. The van der Waals surface area contributed by atoms with E-state index in [1.54, 1.807) is 34.6 Å². The highest BCUT2D eigenvalue weighted by Crippen LogP contribution is 2.09. The fourth-order valence-electron chi connectivity index (χ4n) is 1.34. The molecule has 0 radical (unpaired) electrons. The maximum absolute atomic E-state index is 12.0. The lowest BCUT2D eigenvalue weighted by Crippen LogP contribution is -2.54. The number of ether oxygens (including phenoxy) is 1. The van der Waals surface area contributed by atoms with Crippen LogP contribution < -0.4 is 16.4 Å². The molecule has 0 aromatic heterocycles. The van der Waals surface area contributed by atoms with Crippen LogP contribution in [-0.4, -0.2) is 35.6 Å². The summed E-state index contributed by atoms with van der Waals surface area (Å²) in [6.45, 7) is 10.2. The second-order valence-corrected chi connectivity index (χ2v) is 6.00. The Morgan fingerprint density at radius 3 is 1.90 bits per heavy atom. The first-order valence-electron chi connectivity index (χ1n) is 6.53. The standard InChI is InChI=1S/C13H25N3O4/c1-7(2)9(11(18)15-8(3)10(14)17)16-12(19)20-13(4,5)6/h7-9H,1-6H3,(H2,14,17)(H,15,18)(H,16,19). The van der Waals surface area contributed by atoms with Gasteiger partial charge in [0.1, 0.15) is 17.7 Å². The number of carbonyl (C=O) groups excluding carboxylic acids is 3. The normalized spacial score (nSPS) is 14.3. The molecule has 4 N–H and O–H groups in total.